The molecule has 2 heterocycles. The number of para-hydroxylation sites is 1. The molecule has 21 heavy (non-hydrogen) atoms. The summed E-state index contributed by atoms with van der Waals surface area (Å²) < 4.78 is 7.13. The van der Waals surface area contributed by atoms with Gasteiger partial charge in [0.1, 0.15) is 11.0 Å². The lowest BCUT2D eigenvalue weighted by atomic mass is 10.2. The maximum absolute atomic E-state index is 12.1. The van der Waals surface area contributed by atoms with E-state index in [1.165, 1.54) is 0 Å². The molecular weight excluding hydrogens is 264 g/mol. The van der Waals surface area contributed by atoms with Gasteiger partial charge in [0, 0.05) is 5.39 Å². The van der Waals surface area contributed by atoms with Crippen LogP contribution in [0.15, 0.2) is 63.9 Å². The molecule has 4 nitrogen and oxygen atoms in total. The van der Waals surface area contributed by atoms with Crippen LogP contribution in [0, 0.1) is 6.92 Å². The van der Waals surface area contributed by atoms with Gasteiger partial charge in [0.05, 0.1) is 17.4 Å². The molecule has 4 rings (SSSR count). The van der Waals surface area contributed by atoms with Gasteiger partial charge in [0.15, 0.2) is 0 Å². The molecule has 0 saturated heterocycles. The first-order chi connectivity index (χ1) is 10.2. The number of aryl methyl sites for hydroxylation is 1. The van der Waals surface area contributed by atoms with E-state index in [9.17, 15) is 4.79 Å². The minimum Gasteiger partial charge on any atom is -0.422 e. The second kappa shape index (κ2) is 4.31. The molecule has 0 atom stereocenters. The molecule has 0 aliphatic rings. The van der Waals surface area contributed by atoms with Gasteiger partial charge in [0.25, 0.3) is 0 Å². The van der Waals surface area contributed by atoms with Crippen LogP contribution in [0.2, 0.25) is 0 Å². The zero-order valence-corrected chi connectivity index (χ0v) is 11.4. The van der Waals surface area contributed by atoms with Gasteiger partial charge in [0.2, 0.25) is 0 Å². The van der Waals surface area contributed by atoms with Crippen molar-refractivity contribution < 1.29 is 4.42 Å². The number of fused-ring (bicyclic) bond motifs is 3. The van der Waals surface area contributed by atoms with Crippen molar-refractivity contribution in [1.82, 2.24) is 9.78 Å². The second-order valence-electron chi connectivity index (χ2n) is 5.04. The van der Waals surface area contributed by atoms with Crippen molar-refractivity contribution in [2.45, 2.75) is 6.92 Å². The third kappa shape index (κ3) is 1.76. The van der Waals surface area contributed by atoms with E-state index in [4.69, 9.17) is 4.42 Å². The number of hydrogen-bond acceptors (Lipinski definition) is 3. The summed E-state index contributed by atoms with van der Waals surface area (Å²) >= 11 is 0. The quantitative estimate of drug-likeness (QED) is 0.500. The van der Waals surface area contributed by atoms with Gasteiger partial charge in [-0.05, 0) is 36.8 Å². The van der Waals surface area contributed by atoms with Gasteiger partial charge >= 0.3 is 5.63 Å². The van der Waals surface area contributed by atoms with Gasteiger partial charge in [-0.2, -0.15) is 5.10 Å². The topological polar surface area (TPSA) is 48.0 Å². The van der Waals surface area contributed by atoms with Crippen LogP contribution >= 0.6 is 0 Å². The fraction of sp³-hybridized carbons (Fsp3) is 0.0588. The first-order valence-electron chi connectivity index (χ1n) is 6.71. The molecular formula is C17H12N2O2. The van der Waals surface area contributed by atoms with Gasteiger partial charge in [-0.1, -0.05) is 24.3 Å². The first-order valence-corrected chi connectivity index (χ1v) is 6.71. The maximum Gasteiger partial charge on any atom is 0.347 e. The zero-order chi connectivity index (χ0) is 14.4. The average molecular weight is 276 g/mol. The number of aromatic nitrogens is 2. The SMILES string of the molecule is Cc1cccc(-n2ncc3c(=O)oc4ccccc4c32)c1. The Morgan fingerprint density at radius 2 is 1.90 bits per heavy atom. The highest BCUT2D eigenvalue weighted by molar-refractivity contribution is 6.02. The van der Waals surface area contributed by atoms with Crippen molar-refractivity contribution in [3.05, 3.63) is 70.7 Å². The normalized spacial score (nSPS) is 11.3. The molecule has 2 aromatic heterocycles. The predicted octanol–water partition coefficient (Wildman–Crippen LogP) is 3.44. The van der Waals surface area contributed by atoms with E-state index in [2.05, 4.69) is 5.10 Å². The Morgan fingerprint density at radius 1 is 1.05 bits per heavy atom. The molecule has 4 aromatic rings. The molecule has 0 N–H and O–H groups in total. The Kier molecular flexibility index (Phi) is 2.44. The van der Waals surface area contributed by atoms with E-state index in [0.29, 0.717) is 11.0 Å². The molecule has 0 bridgehead atoms. The molecule has 2 aromatic carbocycles. The van der Waals surface area contributed by atoms with Crippen LogP contribution in [0.1, 0.15) is 5.56 Å². The van der Waals surface area contributed by atoms with E-state index in [-0.39, 0.29) is 5.63 Å². The van der Waals surface area contributed by atoms with Crippen LogP contribution in [0.25, 0.3) is 27.6 Å². The Balaban J connectivity index is 2.18. The Labute approximate surface area is 120 Å². The highest BCUT2D eigenvalue weighted by Crippen LogP contribution is 2.25. The van der Waals surface area contributed by atoms with Gasteiger partial charge < -0.3 is 4.42 Å². The largest absolute Gasteiger partial charge is 0.422 e. The second-order valence-corrected chi connectivity index (χ2v) is 5.04. The summed E-state index contributed by atoms with van der Waals surface area (Å²) in [5, 5.41) is 5.75. The molecule has 102 valence electrons. The van der Waals surface area contributed by atoms with E-state index in [1.54, 1.807) is 16.9 Å². The smallest absolute Gasteiger partial charge is 0.347 e. The van der Waals surface area contributed by atoms with Crippen LogP contribution in [0.3, 0.4) is 0 Å². The lowest BCUT2D eigenvalue weighted by molar-refractivity contribution is 0.569. The van der Waals surface area contributed by atoms with E-state index in [0.717, 1.165) is 22.2 Å². The van der Waals surface area contributed by atoms with Crippen molar-refractivity contribution in [2.24, 2.45) is 0 Å². The fourth-order valence-corrected chi connectivity index (χ4v) is 2.62. The number of rotatable bonds is 1. The summed E-state index contributed by atoms with van der Waals surface area (Å²) in [4.78, 5) is 12.1. The summed E-state index contributed by atoms with van der Waals surface area (Å²) in [5.41, 5.74) is 3.07. The zero-order valence-electron chi connectivity index (χ0n) is 11.4. The summed E-state index contributed by atoms with van der Waals surface area (Å²) in [5.74, 6) is 0. The molecule has 0 unspecified atom stereocenters. The fourth-order valence-electron chi connectivity index (χ4n) is 2.62. The van der Waals surface area contributed by atoms with E-state index in [1.807, 2.05) is 49.4 Å². The van der Waals surface area contributed by atoms with E-state index >= 15 is 0 Å². The average Bonchev–Trinajstić information content (AvgIpc) is 2.93. The lowest BCUT2D eigenvalue weighted by Crippen LogP contribution is -2.01. The van der Waals surface area contributed by atoms with Crippen molar-refractivity contribution in [2.75, 3.05) is 0 Å². The Hall–Kier alpha value is -2.88. The monoisotopic (exact) mass is 276 g/mol. The van der Waals surface area contributed by atoms with Crippen LogP contribution in [0.4, 0.5) is 0 Å². The van der Waals surface area contributed by atoms with Crippen LogP contribution < -0.4 is 5.63 Å². The van der Waals surface area contributed by atoms with Crippen molar-refractivity contribution in [1.29, 1.82) is 0 Å². The van der Waals surface area contributed by atoms with Gasteiger partial charge in [-0.15, -0.1) is 0 Å². The third-order valence-electron chi connectivity index (χ3n) is 3.58. The van der Waals surface area contributed by atoms with Crippen molar-refractivity contribution in [3.63, 3.8) is 0 Å². The number of hydrogen-bond donors (Lipinski definition) is 0. The highest BCUT2D eigenvalue weighted by atomic mass is 16.4. The third-order valence-corrected chi connectivity index (χ3v) is 3.58. The Morgan fingerprint density at radius 3 is 2.76 bits per heavy atom. The molecule has 0 saturated carbocycles. The van der Waals surface area contributed by atoms with Crippen LogP contribution in [0.5, 0.6) is 0 Å². The standard InChI is InChI=1S/C17H12N2O2/c1-11-5-4-6-12(9-11)19-16-13-7-2-3-8-15(13)21-17(20)14(16)10-18-19/h2-10H,1H3. The van der Waals surface area contributed by atoms with Gasteiger partial charge in [-0.25, -0.2) is 9.48 Å². The summed E-state index contributed by atoms with van der Waals surface area (Å²) in [7, 11) is 0. The maximum atomic E-state index is 12.1. The summed E-state index contributed by atoms with van der Waals surface area (Å²) in [6.45, 7) is 2.03. The van der Waals surface area contributed by atoms with E-state index < -0.39 is 0 Å². The van der Waals surface area contributed by atoms with Crippen molar-refractivity contribution in [3.8, 4) is 5.69 Å². The molecule has 0 aliphatic heterocycles. The number of nitrogens with zero attached hydrogens (tertiary/aromatic N) is 2. The summed E-state index contributed by atoms with van der Waals surface area (Å²) in [6, 6.07) is 15.5. The predicted molar refractivity (Wildman–Crippen MR) is 81.8 cm³/mol. The molecule has 0 radical (unpaired) electrons. The van der Waals surface area contributed by atoms with Crippen LogP contribution in [-0.4, -0.2) is 9.78 Å². The molecule has 4 heteroatoms. The number of benzene rings is 2. The highest BCUT2D eigenvalue weighted by Gasteiger charge is 2.13. The lowest BCUT2D eigenvalue weighted by Gasteiger charge is -2.06. The molecule has 0 aliphatic carbocycles. The summed E-state index contributed by atoms with van der Waals surface area (Å²) in [6.07, 6.45) is 1.57. The minimum absolute atomic E-state index is 0.359. The molecule has 0 spiro atoms. The minimum atomic E-state index is -0.359. The molecule has 0 fully saturated rings. The van der Waals surface area contributed by atoms with Gasteiger partial charge in [-0.3, -0.25) is 0 Å². The molecule has 0 amide bonds. The van der Waals surface area contributed by atoms with Crippen molar-refractivity contribution >= 4 is 21.9 Å². The van der Waals surface area contributed by atoms with Crippen LogP contribution in [-0.2, 0) is 0 Å². The first kappa shape index (κ1) is 11.9. The Bertz CT molecular complexity index is 1030.